The van der Waals surface area contributed by atoms with E-state index in [0.717, 1.165) is 16.7 Å². The Morgan fingerprint density at radius 2 is 2.03 bits per heavy atom. The fourth-order valence-corrected chi connectivity index (χ4v) is 3.31. The standard InChI is InChI=1S/C23H23N5O3/c1-13(2)22(29)26-17-6-4-5-14(7-17)8-20-27-21-18(23(30)28-20)9-15(10-19(21)31-3)16-11-24-25-12-16/h4-7,9-13H,8H2,1-3H3,(H,24,25)(H,26,29)(H,27,28,30). The molecule has 31 heavy (non-hydrogen) atoms. The van der Waals surface area contributed by atoms with Gasteiger partial charge in [0.05, 0.1) is 18.7 Å². The van der Waals surface area contributed by atoms with Gasteiger partial charge in [0, 0.05) is 29.8 Å². The number of aromatic amines is 2. The van der Waals surface area contributed by atoms with Crippen molar-refractivity contribution in [1.82, 2.24) is 20.2 Å². The molecule has 0 saturated heterocycles. The summed E-state index contributed by atoms with van der Waals surface area (Å²) in [5.41, 5.74) is 3.54. The highest BCUT2D eigenvalue weighted by atomic mass is 16.5. The number of hydrogen-bond donors (Lipinski definition) is 3. The average molecular weight is 417 g/mol. The summed E-state index contributed by atoms with van der Waals surface area (Å²) >= 11 is 0. The van der Waals surface area contributed by atoms with Crippen LogP contribution >= 0.6 is 0 Å². The number of nitrogens with one attached hydrogen (secondary N) is 3. The van der Waals surface area contributed by atoms with Gasteiger partial charge in [-0.05, 0) is 35.4 Å². The second kappa shape index (κ2) is 8.43. The number of anilines is 1. The number of methoxy groups -OCH3 is 1. The maximum Gasteiger partial charge on any atom is 0.258 e. The number of carbonyl (C=O) groups is 1. The maximum atomic E-state index is 12.8. The zero-order valence-electron chi connectivity index (χ0n) is 17.5. The van der Waals surface area contributed by atoms with Gasteiger partial charge >= 0.3 is 0 Å². The number of aromatic nitrogens is 4. The van der Waals surface area contributed by atoms with Crippen LogP contribution in [0.2, 0.25) is 0 Å². The molecule has 1 amide bonds. The van der Waals surface area contributed by atoms with Crippen LogP contribution in [0.5, 0.6) is 5.75 Å². The van der Waals surface area contributed by atoms with Gasteiger partial charge in [0.2, 0.25) is 5.91 Å². The van der Waals surface area contributed by atoms with E-state index in [2.05, 4.69) is 25.5 Å². The average Bonchev–Trinajstić information content (AvgIpc) is 3.28. The van der Waals surface area contributed by atoms with Crippen molar-refractivity contribution in [2.45, 2.75) is 20.3 Å². The highest BCUT2D eigenvalue weighted by Crippen LogP contribution is 2.29. The maximum absolute atomic E-state index is 12.8. The molecule has 0 spiro atoms. The molecule has 158 valence electrons. The summed E-state index contributed by atoms with van der Waals surface area (Å²) in [5, 5.41) is 10.1. The van der Waals surface area contributed by atoms with Crippen LogP contribution < -0.4 is 15.6 Å². The highest BCUT2D eigenvalue weighted by Gasteiger charge is 2.14. The van der Waals surface area contributed by atoms with E-state index < -0.39 is 0 Å². The molecule has 4 aromatic rings. The van der Waals surface area contributed by atoms with E-state index in [4.69, 9.17) is 4.74 Å². The number of nitrogens with zero attached hydrogens (tertiary/aromatic N) is 2. The SMILES string of the molecule is COc1cc(-c2cn[nH]c2)cc2c(=O)[nH]c(Cc3cccc(NC(=O)C(C)C)c3)nc12. The molecule has 0 atom stereocenters. The summed E-state index contributed by atoms with van der Waals surface area (Å²) in [6.07, 6.45) is 3.84. The Kier molecular flexibility index (Phi) is 5.53. The van der Waals surface area contributed by atoms with Crippen LogP contribution in [-0.2, 0) is 11.2 Å². The minimum absolute atomic E-state index is 0.0486. The van der Waals surface area contributed by atoms with Crippen molar-refractivity contribution in [2.75, 3.05) is 12.4 Å². The molecule has 4 rings (SSSR count). The van der Waals surface area contributed by atoms with Crippen molar-refractivity contribution in [2.24, 2.45) is 5.92 Å². The van der Waals surface area contributed by atoms with E-state index >= 15 is 0 Å². The molecule has 0 unspecified atom stereocenters. The number of H-pyrrole nitrogens is 2. The van der Waals surface area contributed by atoms with E-state index in [9.17, 15) is 9.59 Å². The second-order valence-electron chi connectivity index (χ2n) is 7.60. The van der Waals surface area contributed by atoms with Gasteiger partial charge in [-0.25, -0.2) is 4.98 Å². The number of benzene rings is 2. The van der Waals surface area contributed by atoms with Gasteiger partial charge in [0.1, 0.15) is 17.1 Å². The van der Waals surface area contributed by atoms with Crippen LogP contribution in [0.4, 0.5) is 5.69 Å². The number of amides is 1. The normalized spacial score (nSPS) is 11.1. The second-order valence-corrected chi connectivity index (χ2v) is 7.60. The Hall–Kier alpha value is -3.94. The van der Waals surface area contributed by atoms with Gasteiger partial charge in [0.15, 0.2) is 0 Å². The molecule has 2 aromatic heterocycles. The molecular weight excluding hydrogens is 394 g/mol. The molecule has 0 radical (unpaired) electrons. The summed E-state index contributed by atoms with van der Waals surface area (Å²) in [7, 11) is 1.55. The molecule has 8 heteroatoms. The zero-order valence-corrected chi connectivity index (χ0v) is 17.5. The minimum Gasteiger partial charge on any atom is -0.494 e. The lowest BCUT2D eigenvalue weighted by Crippen LogP contribution is -2.17. The molecular formula is C23H23N5O3. The minimum atomic E-state index is -0.243. The largest absolute Gasteiger partial charge is 0.494 e. The Morgan fingerprint density at radius 1 is 1.19 bits per heavy atom. The lowest BCUT2D eigenvalue weighted by atomic mass is 10.1. The summed E-state index contributed by atoms with van der Waals surface area (Å²) in [5.74, 6) is 0.868. The number of fused-ring (bicyclic) bond motifs is 1. The molecule has 8 nitrogen and oxygen atoms in total. The van der Waals surface area contributed by atoms with E-state index in [-0.39, 0.29) is 17.4 Å². The Balaban J connectivity index is 1.69. The molecule has 0 saturated carbocycles. The van der Waals surface area contributed by atoms with E-state index in [1.165, 1.54) is 0 Å². The van der Waals surface area contributed by atoms with E-state index in [1.54, 1.807) is 25.6 Å². The van der Waals surface area contributed by atoms with Crippen LogP contribution in [0.15, 0.2) is 53.6 Å². The first-order valence-electron chi connectivity index (χ1n) is 9.94. The molecule has 0 aliphatic heterocycles. The molecule has 0 aliphatic rings. The first-order chi connectivity index (χ1) is 14.9. The van der Waals surface area contributed by atoms with E-state index in [0.29, 0.717) is 34.6 Å². The zero-order chi connectivity index (χ0) is 22.0. The lowest BCUT2D eigenvalue weighted by Gasteiger charge is -2.11. The van der Waals surface area contributed by atoms with Gasteiger partial charge in [-0.2, -0.15) is 5.10 Å². The van der Waals surface area contributed by atoms with Crippen LogP contribution in [0.25, 0.3) is 22.0 Å². The fraction of sp³-hybridized carbons (Fsp3) is 0.217. The monoisotopic (exact) mass is 417 g/mol. The third kappa shape index (κ3) is 4.32. The molecule has 0 fully saturated rings. The van der Waals surface area contributed by atoms with Crippen molar-refractivity contribution < 1.29 is 9.53 Å². The molecule has 0 bridgehead atoms. The molecule has 2 heterocycles. The fourth-order valence-electron chi connectivity index (χ4n) is 3.31. The van der Waals surface area contributed by atoms with Gasteiger partial charge in [0.25, 0.3) is 5.56 Å². The summed E-state index contributed by atoms with van der Waals surface area (Å²) in [4.78, 5) is 32.3. The quantitative estimate of drug-likeness (QED) is 0.444. The number of carbonyl (C=O) groups excluding carboxylic acids is 1. The van der Waals surface area contributed by atoms with Crippen molar-refractivity contribution >= 4 is 22.5 Å². The van der Waals surface area contributed by atoms with Gasteiger partial charge in [-0.3, -0.25) is 14.7 Å². The van der Waals surface area contributed by atoms with Gasteiger partial charge in [-0.1, -0.05) is 26.0 Å². The third-order valence-corrected chi connectivity index (χ3v) is 4.97. The predicted octanol–water partition coefficient (Wildman–Crippen LogP) is 3.51. The van der Waals surface area contributed by atoms with Crippen LogP contribution in [-0.4, -0.2) is 33.2 Å². The number of ether oxygens (including phenoxy) is 1. The van der Waals surface area contributed by atoms with Crippen LogP contribution in [0.3, 0.4) is 0 Å². The van der Waals surface area contributed by atoms with Crippen LogP contribution in [0, 0.1) is 5.92 Å². The van der Waals surface area contributed by atoms with Gasteiger partial charge < -0.3 is 15.0 Å². The first-order valence-corrected chi connectivity index (χ1v) is 9.94. The molecule has 3 N–H and O–H groups in total. The topological polar surface area (TPSA) is 113 Å². The lowest BCUT2D eigenvalue weighted by molar-refractivity contribution is -0.118. The van der Waals surface area contributed by atoms with Gasteiger partial charge in [-0.15, -0.1) is 0 Å². The van der Waals surface area contributed by atoms with Crippen molar-refractivity contribution in [1.29, 1.82) is 0 Å². The number of rotatable bonds is 6. The number of hydrogen-bond acceptors (Lipinski definition) is 5. The summed E-state index contributed by atoms with van der Waals surface area (Å²) < 4.78 is 5.52. The smallest absolute Gasteiger partial charge is 0.258 e. The molecule has 0 aliphatic carbocycles. The van der Waals surface area contributed by atoms with Crippen molar-refractivity contribution in [3.05, 3.63) is 70.5 Å². The Bertz CT molecular complexity index is 1290. The first kappa shape index (κ1) is 20.3. The molecule has 2 aromatic carbocycles. The van der Waals surface area contributed by atoms with E-state index in [1.807, 2.05) is 44.2 Å². The highest BCUT2D eigenvalue weighted by molar-refractivity contribution is 5.92. The Morgan fingerprint density at radius 3 is 2.74 bits per heavy atom. The Labute approximate surface area is 178 Å². The van der Waals surface area contributed by atoms with Crippen molar-refractivity contribution in [3.63, 3.8) is 0 Å². The van der Waals surface area contributed by atoms with Crippen molar-refractivity contribution in [3.8, 4) is 16.9 Å². The van der Waals surface area contributed by atoms with Crippen LogP contribution in [0.1, 0.15) is 25.2 Å². The third-order valence-electron chi connectivity index (χ3n) is 4.97. The summed E-state index contributed by atoms with van der Waals surface area (Å²) in [6.45, 7) is 3.68. The summed E-state index contributed by atoms with van der Waals surface area (Å²) in [6, 6.07) is 11.1. The predicted molar refractivity (Wildman–Crippen MR) is 119 cm³/mol.